The molecule has 0 aliphatic carbocycles. The maximum absolute atomic E-state index is 12.2. The van der Waals surface area contributed by atoms with Crippen LogP contribution in [0.25, 0.3) is 10.9 Å². The molecule has 2 N–H and O–H groups in total. The standard InChI is InChI=1S/C20H25N5O4.ClH/c1-24(19(26)15-7-5-10-29-15)8-6-9-25(2)20-22-14-12-17(28-4)16(27-3)11-13(14)18(21)23-20;/h5,7,10-12H,6,8-9H2,1-4H3,(H2,21,22,23);1H. The lowest BCUT2D eigenvalue weighted by atomic mass is 10.2. The summed E-state index contributed by atoms with van der Waals surface area (Å²) in [5.74, 6) is 2.19. The maximum atomic E-state index is 12.2. The van der Waals surface area contributed by atoms with Crippen molar-refractivity contribution < 1.29 is 18.7 Å². The number of nitrogens with two attached hydrogens (primary N) is 1. The number of amides is 1. The van der Waals surface area contributed by atoms with Gasteiger partial charge in [0.1, 0.15) is 5.82 Å². The lowest BCUT2D eigenvalue weighted by Crippen LogP contribution is -2.30. The van der Waals surface area contributed by atoms with Crippen molar-refractivity contribution in [3.8, 4) is 11.5 Å². The molecule has 3 rings (SSSR count). The molecule has 0 aliphatic heterocycles. The zero-order valence-corrected chi connectivity index (χ0v) is 18.2. The molecule has 10 heteroatoms. The van der Waals surface area contributed by atoms with Gasteiger partial charge in [-0.3, -0.25) is 4.79 Å². The minimum absolute atomic E-state index is 0. The molecule has 162 valence electrons. The number of methoxy groups -OCH3 is 2. The quantitative estimate of drug-likeness (QED) is 0.575. The van der Waals surface area contributed by atoms with Crippen LogP contribution in [0.2, 0.25) is 0 Å². The summed E-state index contributed by atoms with van der Waals surface area (Å²) in [6.07, 6.45) is 2.22. The van der Waals surface area contributed by atoms with Crippen LogP contribution in [0, 0.1) is 0 Å². The summed E-state index contributed by atoms with van der Waals surface area (Å²) in [7, 11) is 6.77. The van der Waals surface area contributed by atoms with Crippen LogP contribution in [0.15, 0.2) is 34.9 Å². The Morgan fingerprint density at radius 3 is 2.47 bits per heavy atom. The number of furan rings is 1. The fourth-order valence-corrected chi connectivity index (χ4v) is 2.97. The normalized spacial score (nSPS) is 10.4. The molecule has 0 unspecified atom stereocenters. The number of carbonyl (C=O) groups is 1. The molecule has 0 spiro atoms. The number of halogens is 1. The van der Waals surface area contributed by atoms with Gasteiger partial charge in [-0.2, -0.15) is 4.98 Å². The molecule has 0 saturated carbocycles. The zero-order chi connectivity index (χ0) is 21.0. The summed E-state index contributed by atoms with van der Waals surface area (Å²) in [5, 5.41) is 0.698. The van der Waals surface area contributed by atoms with E-state index in [1.165, 1.54) is 6.26 Å². The molecular weight excluding hydrogens is 410 g/mol. The third kappa shape index (κ3) is 4.85. The average molecular weight is 436 g/mol. The zero-order valence-electron chi connectivity index (χ0n) is 17.4. The highest BCUT2D eigenvalue weighted by Gasteiger charge is 2.16. The molecule has 9 nitrogen and oxygen atoms in total. The molecule has 1 amide bonds. The molecule has 0 fully saturated rings. The average Bonchev–Trinajstić information content (AvgIpc) is 3.26. The molecular formula is C20H26ClN5O4. The van der Waals surface area contributed by atoms with Crippen LogP contribution in [-0.2, 0) is 0 Å². The largest absolute Gasteiger partial charge is 0.493 e. The fraction of sp³-hybridized carbons (Fsp3) is 0.350. The van der Waals surface area contributed by atoms with E-state index < -0.39 is 0 Å². The van der Waals surface area contributed by atoms with Crippen molar-refractivity contribution in [1.29, 1.82) is 0 Å². The Kier molecular flexibility index (Phi) is 7.71. The van der Waals surface area contributed by atoms with Gasteiger partial charge in [-0.25, -0.2) is 4.98 Å². The van der Waals surface area contributed by atoms with Crippen LogP contribution < -0.4 is 20.1 Å². The highest BCUT2D eigenvalue weighted by atomic mass is 35.5. The lowest BCUT2D eigenvalue weighted by molar-refractivity contribution is 0.0763. The van der Waals surface area contributed by atoms with Crippen molar-refractivity contribution in [2.24, 2.45) is 0 Å². The molecule has 1 aromatic carbocycles. The number of benzene rings is 1. The van der Waals surface area contributed by atoms with E-state index in [1.54, 1.807) is 50.4 Å². The van der Waals surface area contributed by atoms with Crippen LogP contribution in [0.3, 0.4) is 0 Å². The summed E-state index contributed by atoms with van der Waals surface area (Å²) in [4.78, 5) is 24.7. The van der Waals surface area contributed by atoms with Gasteiger partial charge in [0.25, 0.3) is 5.91 Å². The first-order valence-corrected chi connectivity index (χ1v) is 9.14. The van der Waals surface area contributed by atoms with E-state index in [9.17, 15) is 4.79 Å². The van der Waals surface area contributed by atoms with E-state index in [0.717, 1.165) is 6.42 Å². The second-order valence-corrected chi connectivity index (χ2v) is 6.61. The summed E-state index contributed by atoms with van der Waals surface area (Å²) < 4.78 is 15.8. The van der Waals surface area contributed by atoms with E-state index in [2.05, 4.69) is 9.97 Å². The molecule has 2 heterocycles. The smallest absolute Gasteiger partial charge is 0.289 e. The van der Waals surface area contributed by atoms with Crippen LogP contribution in [0.5, 0.6) is 11.5 Å². The van der Waals surface area contributed by atoms with Crippen molar-refractivity contribution >= 4 is 41.0 Å². The van der Waals surface area contributed by atoms with Gasteiger partial charge in [0, 0.05) is 38.6 Å². The summed E-state index contributed by atoms with van der Waals surface area (Å²) in [6, 6.07) is 6.89. The number of anilines is 2. The third-order valence-corrected chi connectivity index (χ3v) is 4.63. The Bertz CT molecular complexity index is 997. The monoisotopic (exact) mass is 435 g/mol. The first-order chi connectivity index (χ1) is 13.9. The second kappa shape index (κ2) is 10.0. The highest BCUT2D eigenvalue weighted by molar-refractivity contribution is 5.92. The van der Waals surface area contributed by atoms with Crippen LogP contribution in [-0.4, -0.2) is 62.2 Å². The number of hydrogen-bond acceptors (Lipinski definition) is 8. The molecule has 30 heavy (non-hydrogen) atoms. The highest BCUT2D eigenvalue weighted by Crippen LogP contribution is 2.33. The maximum Gasteiger partial charge on any atom is 0.289 e. The Balaban J connectivity index is 0.00000320. The summed E-state index contributed by atoms with van der Waals surface area (Å²) in [5.41, 5.74) is 6.81. The molecule has 0 saturated heterocycles. The molecule has 0 atom stereocenters. The van der Waals surface area contributed by atoms with E-state index in [-0.39, 0.29) is 18.3 Å². The van der Waals surface area contributed by atoms with Crippen molar-refractivity contribution in [1.82, 2.24) is 14.9 Å². The first-order valence-electron chi connectivity index (χ1n) is 9.14. The fourth-order valence-electron chi connectivity index (χ4n) is 2.97. The van der Waals surface area contributed by atoms with E-state index >= 15 is 0 Å². The van der Waals surface area contributed by atoms with E-state index in [4.69, 9.17) is 19.6 Å². The van der Waals surface area contributed by atoms with E-state index in [1.807, 2.05) is 11.9 Å². The van der Waals surface area contributed by atoms with Gasteiger partial charge in [-0.1, -0.05) is 0 Å². The summed E-state index contributed by atoms with van der Waals surface area (Å²) >= 11 is 0. The second-order valence-electron chi connectivity index (χ2n) is 6.61. The van der Waals surface area contributed by atoms with E-state index in [0.29, 0.717) is 53.0 Å². The Labute approximate surface area is 181 Å². The van der Waals surface area contributed by atoms with Crippen LogP contribution >= 0.6 is 12.4 Å². The van der Waals surface area contributed by atoms with Crippen molar-refractivity contribution in [3.05, 3.63) is 36.3 Å². The van der Waals surface area contributed by atoms with Crippen LogP contribution in [0.1, 0.15) is 17.0 Å². The third-order valence-electron chi connectivity index (χ3n) is 4.63. The Morgan fingerprint density at radius 1 is 1.13 bits per heavy atom. The summed E-state index contributed by atoms with van der Waals surface area (Å²) in [6.45, 7) is 1.21. The predicted octanol–water partition coefficient (Wildman–Crippen LogP) is 2.84. The Morgan fingerprint density at radius 2 is 1.83 bits per heavy atom. The molecule has 2 aromatic heterocycles. The van der Waals surface area contributed by atoms with Crippen molar-refractivity contribution in [3.63, 3.8) is 0 Å². The SMILES string of the molecule is COc1cc2nc(N(C)CCCN(C)C(=O)c3ccco3)nc(N)c2cc1OC.Cl. The number of aromatic nitrogens is 2. The van der Waals surface area contributed by atoms with Gasteiger partial charge in [0.05, 0.1) is 26.0 Å². The minimum atomic E-state index is -0.148. The molecule has 0 bridgehead atoms. The Hall–Kier alpha value is -3.20. The number of fused-ring (bicyclic) bond motifs is 1. The number of nitrogen functional groups attached to an aromatic ring is 1. The topological polar surface area (TPSA) is 107 Å². The first kappa shape index (κ1) is 23.1. The number of ether oxygens (including phenoxy) is 2. The van der Waals surface area contributed by atoms with Crippen molar-refractivity contribution in [2.45, 2.75) is 6.42 Å². The van der Waals surface area contributed by atoms with Gasteiger partial charge in [0.2, 0.25) is 5.95 Å². The molecule has 0 aliphatic rings. The van der Waals surface area contributed by atoms with Crippen molar-refractivity contribution in [2.75, 3.05) is 52.0 Å². The lowest BCUT2D eigenvalue weighted by Gasteiger charge is -2.21. The molecule has 0 radical (unpaired) electrons. The van der Waals surface area contributed by atoms with Gasteiger partial charge in [-0.15, -0.1) is 12.4 Å². The number of hydrogen-bond donors (Lipinski definition) is 1. The van der Waals surface area contributed by atoms with Gasteiger partial charge in [0.15, 0.2) is 17.3 Å². The number of carbonyl (C=O) groups excluding carboxylic acids is 1. The minimum Gasteiger partial charge on any atom is -0.493 e. The number of nitrogens with zero attached hydrogens (tertiary/aromatic N) is 4. The van der Waals surface area contributed by atoms with Gasteiger partial charge in [-0.05, 0) is 24.6 Å². The predicted molar refractivity (Wildman–Crippen MR) is 118 cm³/mol. The number of rotatable bonds is 8. The van der Waals surface area contributed by atoms with Gasteiger partial charge < -0.3 is 29.4 Å². The van der Waals surface area contributed by atoms with Gasteiger partial charge >= 0.3 is 0 Å². The molecule has 3 aromatic rings. The van der Waals surface area contributed by atoms with Crippen LogP contribution in [0.4, 0.5) is 11.8 Å².